The van der Waals surface area contributed by atoms with Crippen LogP contribution in [-0.2, 0) is 21.4 Å². The fourth-order valence-corrected chi connectivity index (χ4v) is 5.66. The maximum absolute atomic E-state index is 13.0. The van der Waals surface area contributed by atoms with Gasteiger partial charge in [-0.1, -0.05) is 25.8 Å². The highest BCUT2D eigenvalue weighted by Gasteiger charge is 2.35. The SMILES string of the molecule is CCCC1CCC(OC[C@H]2[C@@H](NS(=O)(=O)N(C)C)CCc3ccc(C)c(=O)n32)CC1. The highest BCUT2D eigenvalue weighted by atomic mass is 32.2. The lowest BCUT2D eigenvalue weighted by molar-refractivity contribution is -0.00742. The lowest BCUT2D eigenvalue weighted by atomic mass is 9.84. The van der Waals surface area contributed by atoms with Gasteiger partial charge in [0.15, 0.2) is 0 Å². The molecule has 2 atom stereocenters. The van der Waals surface area contributed by atoms with Gasteiger partial charge >= 0.3 is 0 Å². The maximum Gasteiger partial charge on any atom is 0.279 e. The molecule has 8 heteroatoms. The molecule has 1 fully saturated rings. The molecular formula is C22H37N3O4S. The summed E-state index contributed by atoms with van der Waals surface area (Å²) in [5.74, 6) is 0.801. The van der Waals surface area contributed by atoms with Crippen LogP contribution in [0.1, 0.15) is 69.2 Å². The van der Waals surface area contributed by atoms with Crippen LogP contribution >= 0.6 is 0 Å². The summed E-state index contributed by atoms with van der Waals surface area (Å²) in [6.07, 6.45) is 8.47. The van der Waals surface area contributed by atoms with Gasteiger partial charge in [0.1, 0.15) is 0 Å². The third-order valence-corrected chi connectivity index (χ3v) is 8.24. The van der Waals surface area contributed by atoms with E-state index in [1.165, 1.54) is 44.1 Å². The molecule has 0 radical (unpaired) electrons. The largest absolute Gasteiger partial charge is 0.376 e. The number of pyridine rings is 1. The zero-order valence-corrected chi connectivity index (χ0v) is 19.6. The van der Waals surface area contributed by atoms with E-state index in [1.54, 1.807) is 11.5 Å². The molecular weight excluding hydrogens is 402 g/mol. The van der Waals surface area contributed by atoms with E-state index in [4.69, 9.17) is 4.74 Å². The van der Waals surface area contributed by atoms with Crippen LogP contribution in [0.25, 0.3) is 0 Å². The highest BCUT2D eigenvalue weighted by Crippen LogP contribution is 2.31. The van der Waals surface area contributed by atoms with Gasteiger partial charge in [-0.2, -0.15) is 17.4 Å². The Morgan fingerprint density at radius 3 is 2.50 bits per heavy atom. The van der Waals surface area contributed by atoms with Crippen LogP contribution in [0.2, 0.25) is 0 Å². The number of nitrogens with zero attached hydrogens (tertiary/aromatic N) is 2. The summed E-state index contributed by atoms with van der Waals surface area (Å²) in [6.45, 7) is 4.38. The van der Waals surface area contributed by atoms with E-state index >= 15 is 0 Å². The molecule has 1 saturated carbocycles. The van der Waals surface area contributed by atoms with Crippen molar-refractivity contribution < 1.29 is 13.2 Å². The molecule has 1 N–H and O–H groups in total. The summed E-state index contributed by atoms with van der Waals surface area (Å²) >= 11 is 0. The molecule has 170 valence electrons. The minimum Gasteiger partial charge on any atom is -0.376 e. The van der Waals surface area contributed by atoms with Crippen LogP contribution in [0.3, 0.4) is 0 Å². The average Bonchev–Trinajstić information content (AvgIpc) is 2.71. The van der Waals surface area contributed by atoms with Crippen LogP contribution in [0.15, 0.2) is 16.9 Å². The number of nitrogens with one attached hydrogen (secondary N) is 1. The van der Waals surface area contributed by atoms with Crippen molar-refractivity contribution in [2.75, 3.05) is 20.7 Å². The number of aryl methyl sites for hydroxylation is 2. The highest BCUT2D eigenvalue weighted by molar-refractivity contribution is 7.87. The molecule has 0 bridgehead atoms. The first kappa shape index (κ1) is 23.4. The normalized spacial score (nSPS) is 27.2. The summed E-state index contributed by atoms with van der Waals surface area (Å²) in [4.78, 5) is 13.0. The number of fused-ring (bicyclic) bond motifs is 1. The second-order valence-corrected chi connectivity index (χ2v) is 11.0. The summed E-state index contributed by atoms with van der Waals surface area (Å²) in [7, 11) is -0.581. The zero-order valence-electron chi connectivity index (χ0n) is 18.8. The molecule has 1 aromatic rings. The molecule has 0 aromatic carbocycles. The van der Waals surface area contributed by atoms with Gasteiger partial charge in [-0.05, 0) is 57.4 Å². The third-order valence-electron chi connectivity index (χ3n) is 6.67. The summed E-state index contributed by atoms with van der Waals surface area (Å²) in [6, 6.07) is 3.12. The van der Waals surface area contributed by atoms with Crippen molar-refractivity contribution in [1.82, 2.24) is 13.6 Å². The second-order valence-electron chi connectivity index (χ2n) is 9.07. The van der Waals surface area contributed by atoms with Crippen molar-refractivity contribution >= 4 is 10.2 Å². The first-order valence-corrected chi connectivity index (χ1v) is 12.7. The van der Waals surface area contributed by atoms with Gasteiger partial charge in [-0.25, -0.2) is 0 Å². The minimum absolute atomic E-state index is 0.0542. The van der Waals surface area contributed by atoms with Crippen molar-refractivity contribution in [3.05, 3.63) is 33.7 Å². The van der Waals surface area contributed by atoms with Gasteiger partial charge in [0.05, 0.1) is 18.8 Å². The molecule has 2 aliphatic rings. The van der Waals surface area contributed by atoms with E-state index in [-0.39, 0.29) is 23.7 Å². The summed E-state index contributed by atoms with van der Waals surface area (Å²) in [5.41, 5.74) is 1.56. The molecule has 30 heavy (non-hydrogen) atoms. The minimum atomic E-state index is -3.60. The Hall–Kier alpha value is -1.22. The lowest BCUT2D eigenvalue weighted by Crippen LogP contribution is -2.52. The van der Waals surface area contributed by atoms with E-state index in [0.29, 0.717) is 25.0 Å². The fourth-order valence-electron chi connectivity index (χ4n) is 4.79. The van der Waals surface area contributed by atoms with Gasteiger partial charge in [-0.15, -0.1) is 0 Å². The molecule has 1 aliphatic carbocycles. The van der Waals surface area contributed by atoms with E-state index in [0.717, 1.165) is 24.5 Å². The molecule has 2 heterocycles. The van der Waals surface area contributed by atoms with Crippen molar-refractivity contribution in [2.24, 2.45) is 5.92 Å². The molecule has 0 spiro atoms. The Balaban J connectivity index is 1.78. The Bertz CT molecular complexity index is 873. The Morgan fingerprint density at radius 2 is 1.87 bits per heavy atom. The first-order valence-electron chi connectivity index (χ1n) is 11.2. The third kappa shape index (κ3) is 5.33. The van der Waals surface area contributed by atoms with E-state index in [2.05, 4.69) is 11.6 Å². The Labute approximate surface area is 181 Å². The molecule has 0 unspecified atom stereocenters. The Morgan fingerprint density at radius 1 is 1.17 bits per heavy atom. The standard InChI is InChI=1S/C22H37N3O4S/c1-5-6-17-8-12-19(13-9-17)29-15-21-20(23-30(27,28)24(3)4)14-11-18-10-7-16(2)22(26)25(18)21/h7,10,17,19-21,23H,5-6,8-9,11-15H2,1-4H3/t17?,19?,20-,21-/m0/s1. The number of aromatic nitrogens is 1. The average molecular weight is 440 g/mol. The number of ether oxygens (including phenoxy) is 1. The summed E-state index contributed by atoms with van der Waals surface area (Å²) < 4.78 is 37.0. The number of hydrogen-bond acceptors (Lipinski definition) is 4. The first-order chi connectivity index (χ1) is 14.2. The molecule has 0 amide bonds. The van der Waals surface area contributed by atoms with E-state index in [9.17, 15) is 13.2 Å². The number of hydrogen-bond donors (Lipinski definition) is 1. The van der Waals surface area contributed by atoms with Crippen molar-refractivity contribution in [3.63, 3.8) is 0 Å². The van der Waals surface area contributed by atoms with Gasteiger partial charge in [0.25, 0.3) is 15.8 Å². The predicted octanol–water partition coefficient (Wildman–Crippen LogP) is 2.78. The lowest BCUT2D eigenvalue weighted by Gasteiger charge is -2.37. The molecule has 1 aromatic heterocycles. The van der Waals surface area contributed by atoms with Crippen LogP contribution in [0, 0.1) is 12.8 Å². The van der Waals surface area contributed by atoms with Crippen LogP contribution in [0.4, 0.5) is 0 Å². The van der Waals surface area contributed by atoms with Crippen LogP contribution in [-0.4, -0.2) is 50.1 Å². The summed E-state index contributed by atoms with van der Waals surface area (Å²) in [5, 5.41) is 0. The maximum atomic E-state index is 13.0. The zero-order chi connectivity index (χ0) is 21.9. The van der Waals surface area contributed by atoms with Crippen LogP contribution in [0.5, 0.6) is 0 Å². The van der Waals surface area contributed by atoms with E-state index in [1.807, 2.05) is 12.1 Å². The predicted molar refractivity (Wildman–Crippen MR) is 119 cm³/mol. The van der Waals surface area contributed by atoms with Gasteiger partial charge in [0.2, 0.25) is 0 Å². The molecule has 1 aliphatic heterocycles. The van der Waals surface area contributed by atoms with Gasteiger partial charge < -0.3 is 9.30 Å². The molecule has 0 saturated heterocycles. The van der Waals surface area contributed by atoms with Crippen molar-refractivity contribution in [1.29, 1.82) is 0 Å². The quantitative estimate of drug-likeness (QED) is 0.675. The fraction of sp³-hybridized carbons (Fsp3) is 0.773. The van der Waals surface area contributed by atoms with E-state index < -0.39 is 10.2 Å². The number of rotatable bonds is 8. The van der Waals surface area contributed by atoms with Gasteiger partial charge in [0, 0.05) is 31.4 Å². The second kappa shape index (κ2) is 9.94. The van der Waals surface area contributed by atoms with Crippen molar-refractivity contribution in [2.45, 2.75) is 83.4 Å². The Kier molecular flexibility index (Phi) is 7.76. The van der Waals surface area contributed by atoms with Crippen molar-refractivity contribution in [3.8, 4) is 0 Å². The van der Waals surface area contributed by atoms with Gasteiger partial charge in [-0.3, -0.25) is 4.79 Å². The van der Waals surface area contributed by atoms with Crippen LogP contribution < -0.4 is 10.3 Å². The topological polar surface area (TPSA) is 80.6 Å². The molecule has 3 rings (SSSR count). The molecule has 7 nitrogen and oxygen atoms in total. The monoisotopic (exact) mass is 439 g/mol. The smallest absolute Gasteiger partial charge is 0.279 e.